The Hall–Kier alpha value is -1.94. The van der Waals surface area contributed by atoms with Crippen LogP contribution in [-0.4, -0.2) is 16.5 Å². The summed E-state index contributed by atoms with van der Waals surface area (Å²) in [6.45, 7) is 0.971. The fraction of sp³-hybridized carbons (Fsp3) is 0.250. The lowest BCUT2D eigenvalue weighted by Gasteiger charge is -2.26. The molecule has 3 nitrogen and oxygen atoms in total. The molecule has 0 unspecified atom stereocenters. The first-order valence-electron chi connectivity index (χ1n) is 6.86. The molecule has 1 aromatic heterocycles. The molecule has 0 saturated heterocycles. The molecular formula is C16H17N3S. The van der Waals surface area contributed by atoms with Crippen LogP contribution in [0.4, 0.5) is 11.4 Å². The topological polar surface area (TPSA) is 42.1 Å². The number of para-hydroxylation sites is 1. The number of aryl methyl sites for hydroxylation is 1. The van der Waals surface area contributed by atoms with Gasteiger partial charge >= 0.3 is 0 Å². The number of rotatable bonds is 2. The van der Waals surface area contributed by atoms with Gasteiger partial charge in [-0.1, -0.05) is 30.4 Å². The number of nitrogens with two attached hydrogens (primary N) is 1. The predicted molar refractivity (Wildman–Crippen MR) is 86.5 cm³/mol. The molecule has 20 heavy (non-hydrogen) atoms. The Morgan fingerprint density at radius 3 is 2.85 bits per heavy atom. The van der Waals surface area contributed by atoms with Crippen molar-refractivity contribution >= 4 is 28.6 Å². The number of aromatic nitrogens is 1. The summed E-state index contributed by atoms with van der Waals surface area (Å²) in [5.41, 5.74) is 10.4. The monoisotopic (exact) mass is 283 g/mol. The Labute approximate surface area is 124 Å². The van der Waals surface area contributed by atoms with Crippen molar-refractivity contribution in [2.75, 3.05) is 11.4 Å². The highest BCUT2D eigenvalue weighted by Gasteiger charge is 2.19. The summed E-state index contributed by atoms with van der Waals surface area (Å²) < 4.78 is 0. The molecule has 2 heterocycles. The van der Waals surface area contributed by atoms with E-state index in [1.165, 1.54) is 17.7 Å². The summed E-state index contributed by atoms with van der Waals surface area (Å²) in [4.78, 5) is 6.97. The number of nitrogens with zero attached hydrogens (tertiary/aromatic N) is 2. The fourth-order valence-electron chi connectivity index (χ4n) is 2.75. The highest BCUT2D eigenvalue weighted by Crippen LogP contribution is 2.33. The van der Waals surface area contributed by atoms with Crippen molar-refractivity contribution in [1.29, 1.82) is 0 Å². The highest BCUT2D eigenvalue weighted by molar-refractivity contribution is 7.80. The van der Waals surface area contributed by atoms with Crippen molar-refractivity contribution in [3.8, 4) is 0 Å². The summed E-state index contributed by atoms with van der Waals surface area (Å²) in [6.07, 6.45) is 7.07. The van der Waals surface area contributed by atoms with E-state index in [0.29, 0.717) is 4.99 Å². The lowest BCUT2D eigenvalue weighted by Crippen LogP contribution is -2.22. The number of hydrogen-bond acceptors (Lipinski definition) is 3. The van der Waals surface area contributed by atoms with Crippen molar-refractivity contribution in [1.82, 2.24) is 4.98 Å². The molecule has 0 amide bonds. The van der Waals surface area contributed by atoms with Crippen molar-refractivity contribution in [3.05, 3.63) is 53.9 Å². The largest absolute Gasteiger partial charge is 0.389 e. The van der Waals surface area contributed by atoms with Gasteiger partial charge in [-0.05, 0) is 37.0 Å². The van der Waals surface area contributed by atoms with Gasteiger partial charge < -0.3 is 10.6 Å². The van der Waals surface area contributed by atoms with Gasteiger partial charge in [0.25, 0.3) is 0 Å². The van der Waals surface area contributed by atoms with Crippen LogP contribution in [-0.2, 0) is 6.42 Å². The average Bonchev–Trinajstić information content (AvgIpc) is 2.69. The van der Waals surface area contributed by atoms with Gasteiger partial charge in [0.05, 0.1) is 11.9 Å². The summed E-state index contributed by atoms with van der Waals surface area (Å²) >= 11 is 5.17. The molecule has 4 heteroatoms. The van der Waals surface area contributed by atoms with Gasteiger partial charge in [0, 0.05) is 24.0 Å². The maximum Gasteiger partial charge on any atom is 0.106 e. The SMILES string of the molecule is NC(=S)c1ccncc1N1CCCCc2ccccc21. The van der Waals surface area contributed by atoms with E-state index < -0.39 is 0 Å². The molecule has 1 aliphatic heterocycles. The highest BCUT2D eigenvalue weighted by atomic mass is 32.1. The van der Waals surface area contributed by atoms with E-state index in [9.17, 15) is 0 Å². The van der Waals surface area contributed by atoms with Crippen LogP contribution in [0.2, 0.25) is 0 Å². The minimum absolute atomic E-state index is 0.420. The fourth-order valence-corrected chi connectivity index (χ4v) is 2.92. The number of hydrogen-bond donors (Lipinski definition) is 1. The zero-order valence-electron chi connectivity index (χ0n) is 11.2. The molecule has 0 atom stereocenters. The number of fused-ring (bicyclic) bond motifs is 1. The third-order valence-electron chi connectivity index (χ3n) is 3.72. The zero-order chi connectivity index (χ0) is 13.9. The van der Waals surface area contributed by atoms with Gasteiger partial charge in [0.2, 0.25) is 0 Å². The minimum atomic E-state index is 0.420. The van der Waals surface area contributed by atoms with Crippen LogP contribution in [0.3, 0.4) is 0 Å². The third-order valence-corrected chi connectivity index (χ3v) is 3.94. The quantitative estimate of drug-likeness (QED) is 0.860. The van der Waals surface area contributed by atoms with Crippen LogP contribution in [0, 0.1) is 0 Å². The first kappa shape index (κ1) is 13.1. The van der Waals surface area contributed by atoms with E-state index in [-0.39, 0.29) is 0 Å². The maximum absolute atomic E-state index is 5.86. The number of anilines is 2. The normalized spacial score (nSPS) is 14.5. The maximum atomic E-state index is 5.86. The molecule has 2 aromatic rings. The Balaban J connectivity index is 2.13. The summed E-state index contributed by atoms with van der Waals surface area (Å²) in [6, 6.07) is 10.4. The molecular weight excluding hydrogens is 266 g/mol. The number of thiocarbonyl (C=S) groups is 1. The van der Waals surface area contributed by atoms with Crippen molar-refractivity contribution < 1.29 is 0 Å². The van der Waals surface area contributed by atoms with Gasteiger partial charge in [-0.3, -0.25) is 4.98 Å². The van der Waals surface area contributed by atoms with E-state index in [1.807, 2.05) is 12.3 Å². The first-order chi connectivity index (χ1) is 9.77. The van der Waals surface area contributed by atoms with Crippen molar-refractivity contribution in [3.63, 3.8) is 0 Å². The molecule has 2 N–H and O–H groups in total. The van der Waals surface area contributed by atoms with Crippen molar-refractivity contribution in [2.45, 2.75) is 19.3 Å². The predicted octanol–water partition coefficient (Wildman–Crippen LogP) is 3.19. The molecule has 0 saturated carbocycles. The summed E-state index contributed by atoms with van der Waals surface area (Å²) in [5.74, 6) is 0. The second-order valence-electron chi connectivity index (χ2n) is 4.99. The van der Waals surface area contributed by atoms with Crippen LogP contribution >= 0.6 is 12.2 Å². The molecule has 102 valence electrons. The van der Waals surface area contributed by atoms with E-state index in [2.05, 4.69) is 34.1 Å². The minimum Gasteiger partial charge on any atom is -0.389 e. The molecule has 0 aliphatic carbocycles. The van der Waals surface area contributed by atoms with Crippen LogP contribution in [0.15, 0.2) is 42.7 Å². The Morgan fingerprint density at radius 2 is 2.00 bits per heavy atom. The Kier molecular flexibility index (Phi) is 3.65. The first-order valence-corrected chi connectivity index (χ1v) is 7.27. The second kappa shape index (κ2) is 5.59. The van der Waals surface area contributed by atoms with E-state index in [1.54, 1.807) is 6.20 Å². The lowest BCUT2D eigenvalue weighted by molar-refractivity contribution is 0.760. The summed E-state index contributed by atoms with van der Waals surface area (Å²) in [7, 11) is 0. The van der Waals surface area contributed by atoms with E-state index in [0.717, 1.165) is 30.6 Å². The van der Waals surface area contributed by atoms with Crippen LogP contribution in [0.1, 0.15) is 24.0 Å². The molecule has 0 radical (unpaired) electrons. The van der Waals surface area contributed by atoms with E-state index in [4.69, 9.17) is 18.0 Å². The van der Waals surface area contributed by atoms with Crippen LogP contribution in [0.5, 0.6) is 0 Å². The van der Waals surface area contributed by atoms with Crippen LogP contribution < -0.4 is 10.6 Å². The average molecular weight is 283 g/mol. The standard InChI is InChI=1S/C16H17N3S/c17-16(20)13-8-9-18-11-15(13)19-10-4-3-6-12-5-1-2-7-14(12)19/h1-2,5,7-9,11H,3-4,6,10H2,(H2,17,20). The smallest absolute Gasteiger partial charge is 0.106 e. The van der Waals surface area contributed by atoms with Gasteiger partial charge in [-0.25, -0.2) is 0 Å². The molecule has 0 spiro atoms. The lowest BCUT2D eigenvalue weighted by atomic mass is 10.1. The summed E-state index contributed by atoms with van der Waals surface area (Å²) in [5, 5.41) is 0. The molecule has 1 aliphatic rings. The van der Waals surface area contributed by atoms with Crippen LogP contribution in [0.25, 0.3) is 0 Å². The van der Waals surface area contributed by atoms with Gasteiger partial charge in [0.15, 0.2) is 0 Å². The van der Waals surface area contributed by atoms with Gasteiger partial charge in [-0.2, -0.15) is 0 Å². The zero-order valence-corrected chi connectivity index (χ0v) is 12.1. The third kappa shape index (κ3) is 2.39. The van der Waals surface area contributed by atoms with Gasteiger partial charge in [-0.15, -0.1) is 0 Å². The van der Waals surface area contributed by atoms with Crippen molar-refractivity contribution in [2.24, 2.45) is 5.73 Å². The Morgan fingerprint density at radius 1 is 1.15 bits per heavy atom. The Bertz CT molecular complexity index is 639. The number of pyridine rings is 1. The molecule has 1 aromatic carbocycles. The number of benzene rings is 1. The molecule has 0 fully saturated rings. The molecule has 3 rings (SSSR count). The van der Waals surface area contributed by atoms with Gasteiger partial charge in [0.1, 0.15) is 4.99 Å². The second-order valence-corrected chi connectivity index (χ2v) is 5.43. The van der Waals surface area contributed by atoms with E-state index >= 15 is 0 Å². The molecule has 0 bridgehead atoms.